The minimum Gasteiger partial charge on any atom is -0.490 e. The van der Waals surface area contributed by atoms with Crippen molar-refractivity contribution in [3.63, 3.8) is 0 Å². The zero-order valence-electron chi connectivity index (χ0n) is 8.61. The highest BCUT2D eigenvalue weighted by atomic mass is 16.5. The molecule has 0 aliphatic heterocycles. The van der Waals surface area contributed by atoms with Gasteiger partial charge in [-0.2, -0.15) is 0 Å². The standard InChI is InChI=1S/C13H14O2/c1-2-3-13(14)10-4-6-11(7-5-10)15-12-8-9-12/h2,4-7,12H,1,3,8-9H2. The van der Waals surface area contributed by atoms with Crippen LogP contribution in [0.1, 0.15) is 29.6 Å². The van der Waals surface area contributed by atoms with Crippen LogP contribution in [0.4, 0.5) is 0 Å². The van der Waals surface area contributed by atoms with E-state index in [4.69, 9.17) is 4.74 Å². The Morgan fingerprint density at radius 1 is 1.40 bits per heavy atom. The minimum absolute atomic E-state index is 0.1000. The first-order chi connectivity index (χ1) is 7.29. The molecule has 1 saturated carbocycles. The molecule has 0 amide bonds. The van der Waals surface area contributed by atoms with Gasteiger partial charge in [0.15, 0.2) is 5.78 Å². The molecule has 2 heteroatoms. The second kappa shape index (κ2) is 4.30. The number of ether oxygens (including phenoxy) is 1. The largest absolute Gasteiger partial charge is 0.490 e. The quantitative estimate of drug-likeness (QED) is 0.542. The van der Waals surface area contributed by atoms with Gasteiger partial charge in [0.1, 0.15) is 5.75 Å². The Bertz CT molecular complexity index is 361. The molecule has 1 aromatic carbocycles. The zero-order valence-corrected chi connectivity index (χ0v) is 8.61. The Morgan fingerprint density at radius 3 is 2.60 bits per heavy atom. The van der Waals surface area contributed by atoms with Crippen molar-refractivity contribution in [1.82, 2.24) is 0 Å². The molecule has 78 valence electrons. The lowest BCUT2D eigenvalue weighted by Gasteiger charge is -2.04. The predicted molar refractivity (Wildman–Crippen MR) is 59.2 cm³/mol. The molecule has 0 N–H and O–H groups in total. The smallest absolute Gasteiger partial charge is 0.166 e. The monoisotopic (exact) mass is 202 g/mol. The van der Waals surface area contributed by atoms with Gasteiger partial charge in [-0.05, 0) is 37.1 Å². The molecule has 1 aromatic rings. The number of hydrogen-bond donors (Lipinski definition) is 0. The molecule has 0 bridgehead atoms. The molecule has 1 fully saturated rings. The van der Waals surface area contributed by atoms with Gasteiger partial charge in [-0.3, -0.25) is 4.79 Å². The number of benzene rings is 1. The fourth-order valence-electron chi connectivity index (χ4n) is 1.35. The third-order valence-corrected chi connectivity index (χ3v) is 2.33. The van der Waals surface area contributed by atoms with Crippen LogP contribution in [0.5, 0.6) is 5.75 Å². The summed E-state index contributed by atoms with van der Waals surface area (Å²) < 4.78 is 5.59. The number of rotatable bonds is 5. The molecule has 0 spiro atoms. The van der Waals surface area contributed by atoms with E-state index in [-0.39, 0.29) is 5.78 Å². The van der Waals surface area contributed by atoms with Crippen LogP contribution < -0.4 is 4.74 Å². The summed E-state index contributed by atoms with van der Waals surface area (Å²) in [6.45, 7) is 3.55. The summed E-state index contributed by atoms with van der Waals surface area (Å²) in [6, 6.07) is 7.33. The average molecular weight is 202 g/mol. The number of allylic oxidation sites excluding steroid dienone is 1. The fraction of sp³-hybridized carbons (Fsp3) is 0.308. The molecule has 0 unspecified atom stereocenters. The Kier molecular flexibility index (Phi) is 2.86. The van der Waals surface area contributed by atoms with Crippen LogP contribution in [0.3, 0.4) is 0 Å². The molecule has 1 aliphatic carbocycles. The van der Waals surface area contributed by atoms with Crippen molar-refractivity contribution in [2.75, 3.05) is 0 Å². The molecule has 15 heavy (non-hydrogen) atoms. The molecule has 2 nitrogen and oxygen atoms in total. The van der Waals surface area contributed by atoms with Crippen molar-refractivity contribution in [2.24, 2.45) is 0 Å². The maximum absolute atomic E-state index is 11.5. The third-order valence-electron chi connectivity index (χ3n) is 2.33. The van der Waals surface area contributed by atoms with Gasteiger partial charge in [0.25, 0.3) is 0 Å². The van der Waals surface area contributed by atoms with Crippen LogP contribution in [0.25, 0.3) is 0 Å². The highest BCUT2D eigenvalue weighted by Gasteiger charge is 2.23. The summed E-state index contributed by atoms with van der Waals surface area (Å²) in [5.74, 6) is 0.954. The van der Waals surface area contributed by atoms with Gasteiger partial charge < -0.3 is 4.74 Å². The van der Waals surface area contributed by atoms with E-state index >= 15 is 0 Å². The van der Waals surface area contributed by atoms with E-state index < -0.39 is 0 Å². The van der Waals surface area contributed by atoms with E-state index in [0.717, 1.165) is 24.2 Å². The molecular weight excluding hydrogens is 188 g/mol. The van der Waals surface area contributed by atoms with E-state index in [1.165, 1.54) is 0 Å². The molecule has 0 radical (unpaired) electrons. The van der Waals surface area contributed by atoms with Crippen LogP contribution in [-0.4, -0.2) is 11.9 Å². The lowest BCUT2D eigenvalue weighted by atomic mass is 10.1. The summed E-state index contributed by atoms with van der Waals surface area (Å²) in [4.78, 5) is 11.5. The number of carbonyl (C=O) groups is 1. The highest BCUT2D eigenvalue weighted by Crippen LogP contribution is 2.26. The van der Waals surface area contributed by atoms with Gasteiger partial charge in [0, 0.05) is 12.0 Å². The number of carbonyl (C=O) groups excluding carboxylic acids is 1. The van der Waals surface area contributed by atoms with Crippen LogP contribution in [0.15, 0.2) is 36.9 Å². The molecule has 0 heterocycles. The van der Waals surface area contributed by atoms with E-state index in [9.17, 15) is 4.79 Å². The first-order valence-electron chi connectivity index (χ1n) is 5.20. The van der Waals surface area contributed by atoms with Gasteiger partial charge in [-0.1, -0.05) is 6.08 Å². The Morgan fingerprint density at radius 2 is 2.07 bits per heavy atom. The fourth-order valence-corrected chi connectivity index (χ4v) is 1.35. The van der Waals surface area contributed by atoms with Crippen molar-refractivity contribution in [3.05, 3.63) is 42.5 Å². The molecule has 0 aromatic heterocycles. The molecule has 0 atom stereocenters. The zero-order chi connectivity index (χ0) is 10.7. The van der Waals surface area contributed by atoms with E-state index in [1.54, 1.807) is 6.08 Å². The van der Waals surface area contributed by atoms with Crippen molar-refractivity contribution in [3.8, 4) is 5.75 Å². The summed E-state index contributed by atoms with van der Waals surface area (Å²) in [5, 5.41) is 0. The maximum Gasteiger partial charge on any atom is 0.166 e. The van der Waals surface area contributed by atoms with Crippen molar-refractivity contribution in [2.45, 2.75) is 25.4 Å². The Balaban J connectivity index is 2.01. The van der Waals surface area contributed by atoms with Crippen molar-refractivity contribution >= 4 is 5.78 Å². The molecule has 2 rings (SSSR count). The van der Waals surface area contributed by atoms with Gasteiger partial charge in [-0.15, -0.1) is 6.58 Å². The summed E-state index contributed by atoms with van der Waals surface area (Å²) in [6.07, 6.45) is 4.72. The second-order valence-electron chi connectivity index (χ2n) is 3.76. The summed E-state index contributed by atoms with van der Waals surface area (Å²) >= 11 is 0. The molecular formula is C13H14O2. The lowest BCUT2D eigenvalue weighted by Crippen LogP contribution is -1.99. The van der Waals surface area contributed by atoms with Crippen LogP contribution in [0, 0.1) is 0 Å². The van der Waals surface area contributed by atoms with Gasteiger partial charge >= 0.3 is 0 Å². The summed E-state index contributed by atoms with van der Waals surface area (Å²) in [5.41, 5.74) is 0.720. The van der Waals surface area contributed by atoms with Gasteiger partial charge in [0.05, 0.1) is 6.10 Å². The average Bonchev–Trinajstić information content (AvgIpc) is 3.03. The van der Waals surface area contributed by atoms with Crippen LogP contribution in [-0.2, 0) is 0 Å². The Hall–Kier alpha value is -1.57. The number of hydrogen-bond acceptors (Lipinski definition) is 2. The van der Waals surface area contributed by atoms with Crippen LogP contribution >= 0.6 is 0 Å². The van der Waals surface area contributed by atoms with E-state index in [1.807, 2.05) is 24.3 Å². The Labute approximate surface area is 89.6 Å². The third kappa shape index (κ3) is 2.69. The first kappa shape index (κ1) is 9.97. The summed E-state index contributed by atoms with van der Waals surface area (Å²) in [7, 11) is 0. The van der Waals surface area contributed by atoms with Crippen molar-refractivity contribution in [1.29, 1.82) is 0 Å². The first-order valence-corrected chi connectivity index (χ1v) is 5.20. The van der Waals surface area contributed by atoms with Gasteiger partial charge in [0.2, 0.25) is 0 Å². The van der Waals surface area contributed by atoms with E-state index in [2.05, 4.69) is 6.58 Å². The van der Waals surface area contributed by atoms with Crippen molar-refractivity contribution < 1.29 is 9.53 Å². The lowest BCUT2D eigenvalue weighted by molar-refractivity contribution is 0.0996. The SMILES string of the molecule is C=CCC(=O)c1ccc(OC2CC2)cc1. The molecule has 0 saturated heterocycles. The highest BCUT2D eigenvalue weighted by molar-refractivity contribution is 5.96. The number of Topliss-reactive ketones (excluding diaryl/α,β-unsaturated/α-hetero) is 1. The second-order valence-corrected chi connectivity index (χ2v) is 3.76. The number of ketones is 1. The maximum atomic E-state index is 11.5. The normalized spacial score (nSPS) is 14.7. The van der Waals surface area contributed by atoms with Crippen LogP contribution in [0.2, 0.25) is 0 Å². The molecule has 1 aliphatic rings. The topological polar surface area (TPSA) is 26.3 Å². The predicted octanol–water partition coefficient (Wildman–Crippen LogP) is 2.99. The van der Waals surface area contributed by atoms with Gasteiger partial charge in [-0.25, -0.2) is 0 Å². The van der Waals surface area contributed by atoms with E-state index in [0.29, 0.717) is 12.5 Å². The minimum atomic E-state index is 0.1000.